The van der Waals surface area contributed by atoms with Crippen molar-refractivity contribution in [3.05, 3.63) is 122 Å². The van der Waals surface area contributed by atoms with Gasteiger partial charge in [0.2, 0.25) is 0 Å². The quantitative estimate of drug-likeness (QED) is 0.0261. The van der Waals surface area contributed by atoms with Crippen LogP contribution in [0.15, 0.2) is 122 Å². The van der Waals surface area contributed by atoms with Gasteiger partial charge in [-0.05, 0) is 109 Å². The fourth-order valence-corrected chi connectivity index (χ4v) is 9.79. The number of hydrogen-bond acceptors (Lipinski definition) is 6. The predicted molar refractivity (Wildman–Crippen MR) is 362 cm³/mol. The van der Waals surface area contributed by atoms with Crippen LogP contribution < -0.4 is 0 Å². The molecule has 6 heteroatoms. The van der Waals surface area contributed by atoms with Crippen LogP contribution in [0, 0.1) is 0 Å². The van der Waals surface area contributed by atoms with Crippen LogP contribution in [0.25, 0.3) is 0 Å². The Morgan fingerprint density at radius 2 is 0.470 bits per heavy atom. The number of ether oxygens (including phenoxy) is 3. The molecule has 0 N–H and O–H groups in total. The van der Waals surface area contributed by atoms with E-state index in [9.17, 15) is 14.4 Å². The molecule has 474 valence electrons. The van der Waals surface area contributed by atoms with Gasteiger partial charge in [0.05, 0.1) is 0 Å². The lowest BCUT2D eigenvalue weighted by Crippen LogP contribution is -2.30. The lowest BCUT2D eigenvalue weighted by molar-refractivity contribution is -0.167. The topological polar surface area (TPSA) is 78.9 Å². The number of unbranched alkanes of at least 4 members (excludes halogenated alkanes) is 32. The molecular weight excluding hydrogens is 1020 g/mol. The zero-order valence-corrected chi connectivity index (χ0v) is 54.4. The van der Waals surface area contributed by atoms with Crippen molar-refractivity contribution in [2.75, 3.05) is 13.2 Å². The fraction of sp³-hybridized carbons (Fsp3) is 0.701. The van der Waals surface area contributed by atoms with Gasteiger partial charge < -0.3 is 14.2 Å². The molecule has 1 unspecified atom stereocenters. The average Bonchev–Trinajstić information content (AvgIpc) is 3.50. The van der Waals surface area contributed by atoms with Crippen molar-refractivity contribution in [3.63, 3.8) is 0 Å². The highest BCUT2D eigenvalue weighted by molar-refractivity contribution is 5.71. The van der Waals surface area contributed by atoms with Crippen LogP contribution in [0.2, 0.25) is 0 Å². The van der Waals surface area contributed by atoms with Crippen molar-refractivity contribution in [1.82, 2.24) is 0 Å². The Balaban J connectivity index is 4.07. The number of esters is 3. The Morgan fingerprint density at radius 1 is 0.253 bits per heavy atom. The van der Waals surface area contributed by atoms with Crippen molar-refractivity contribution in [2.45, 2.75) is 335 Å². The third kappa shape index (κ3) is 68.5. The summed E-state index contributed by atoms with van der Waals surface area (Å²) >= 11 is 0. The van der Waals surface area contributed by atoms with E-state index in [0.29, 0.717) is 19.3 Å². The van der Waals surface area contributed by atoms with Crippen LogP contribution in [-0.4, -0.2) is 37.2 Å². The van der Waals surface area contributed by atoms with Crippen LogP contribution in [-0.2, 0) is 28.6 Å². The summed E-state index contributed by atoms with van der Waals surface area (Å²) in [5, 5.41) is 0. The Hall–Kier alpha value is -4.19. The Labute approximate surface area is 513 Å². The molecule has 83 heavy (non-hydrogen) atoms. The van der Waals surface area contributed by atoms with E-state index in [4.69, 9.17) is 14.2 Å². The number of hydrogen-bond donors (Lipinski definition) is 0. The number of carbonyl (C=O) groups excluding carboxylic acids is 3. The highest BCUT2D eigenvalue weighted by atomic mass is 16.6. The Morgan fingerprint density at radius 3 is 0.735 bits per heavy atom. The summed E-state index contributed by atoms with van der Waals surface area (Å²) in [7, 11) is 0. The first-order valence-corrected chi connectivity index (χ1v) is 35.0. The summed E-state index contributed by atoms with van der Waals surface area (Å²) < 4.78 is 16.9. The minimum Gasteiger partial charge on any atom is -0.462 e. The highest BCUT2D eigenvalue weighted by Gasteiger charge is 2.19. The largest absolute Gasteiger partial charge is 0.462 e. The summed E-state index contributed by atoms with van der Waals surface area (Å²) in [6.45, 7) is 6.40. The molecule has 0 aromatic heterocycles. The third-order valence-electron chi connectivity index (χ3n) is 15.0. The van der Waals surface area contributed by atoms with Gasteiger partial charge in [0.1, 0.15) is 13.2 Å². The van der Waals surface area contributed by atoms with Gasteiger partial charge in [0.15, 0.2) is 6.10 Å². The number of rotatable bonds is 63. The molecule has 0 fully saturated rings. The highest BCUT2D eigenvalue weighted by Crippen LogP contribution is 2.17. The normalized spacial score (nSPS) is 12.9. The van der Waals surface area contributed by atoms with E-state index in [1.807, 2.05) is 0 Å². The van der Waals surface area contributed by atoms with Gasteiger partial charge in [0.25, 0.3) is 0 Å². The third-order valence-corrected chi connectivity index (χ3v) is 15.0. The molecule has 6 nitrogen and oxygen atoms in total. The molecule has 1 atom stereocenters. The second kappa shape index (κ2) is 70.3. The molecule has 0 saturated heterocycles. The zero-order valence-electron chi connectivity index (χ0n) is 54.4. The van der Waals surface area contributed by atoms with Gasteiger partial charge in [0, 0.05) is 19.3 Å². The molecule has 0 aliphatic carbocycles. The number of allylic oxidation sites excluding steroid dienone is 20. The molecule has 0 aliphatic rings. The fourth-order valence-electron chi connectivity index (χ4n) is 9.79. The molecule has 0 heterocycles. The number of carbonyl (C=O) groups is 3. The first-order valence-electron chi connectivity index (χ1n) is 35.0. The van der Waals surface area contributed by atoms with Gasteiger partial charge in [-0.25, -0.2) is 0 Å². The van der Waals surface area contributed by atoms with Gasteiger partial charge >= 0.3 is 17.9 Å². The molecule has 0 rings (SSSR count). The summed E-state index contributed by atoms with van der Waals surface area (Å²) in [5.74, 6) is -0.875. The van der Waals surface area contributed by atoms with E-state index >= 15 is 0 Å². The van der Waals surface area contributed by atoms with Crippen molar-refractivity contribution >= 4 is 17.9 Å². The summed E-state index contributed by atoms with van der Waals surface area (Å²) in [4.78, 5) is 38.2. The van der Waals surface area contributed by atoms with Crippen LogP contribution >= 0.6 is 0 Å². The Bertz CT molecular complexity index is 1700. The van der Waals surface area contributed by atoms with Gasteiger partial charge in [-0.3, -0.25) is 14.4 Å². The van der Waals surface area contributed by atoms with Crippen LogP contribution in [0.3, 0.4) is 0 Å². The second-order valence-corrected chi connectivity index (χ2v) is 23.0. The molecule has 0 bridgehead atoms. The van der Waals surface area contributed by atoms with E-state index in [-0.39, 0.29) is 31.1 Å². The first kappa shape index (κ1) is 78.8. The maximum atomic E-state index is 12.9. The van der Waals surface area contributed by atoms with Crippen molar-refractivity contribution in [2.24, 2.45) is 0 Å². The van der Waals surface area contributed by atoms with Crippen LogP contribution in [0.5, 0.6) is 0 Å². The molecule has 0 amide bonds. The van der Waals surface area contributed by atoms with E-state index < -0.39 is 6.10 Å². The molecule has 0 spiro atoms. The SMILES string of the molecule is CC/C=C\C/C=C\C/C=C\C/C=C\C/C=C\C/C=C\CCCCCCCCCCCCCCCCC(=O)OCC(COC(=O)CCCCCCCCC)OC(=O)CCCCCCCCCCCCCC/C=C\C/C=C\C/C=C\C/C=C\CC. The monoisotopic (exact) mass is 1150 g/mol. The molecule has 0 aliphatic heterocycles. The maximum Gasteiger partial charge on any atom is 0.306 e. The maximum absolute atomic E-state index is 12.9. The van der Waals surface area contributed by atoms with Crippen molar-refractivity contribution < 1.29 is 28.6 Å². The Kier molecular flexibility index (Phi) is 66.7. The van der Waals surface area contributed by atoms with Crippen LogP contribution in [0.1, 0.15) is 329 Å². The molecule has 0 aromatic carbocycles. The van der Waals surface area contributed by atoms with Gasteiger partial charge in [-0.15, -0.1) is 0 Å². The zero-order chi connectivity index (χ0) is 59.9. The van der Waals surface area contributed by atoms with E-state index in [2.05, 4.69) is 142 Å². The lowest BCUT2D eigenvalue weighted by atomic mass is 10.0. The average molecular weight is 1150 g/mol. The summed E-state index contributed by atoms with van der Waals surface area (Å²) in [6, 6.07) is 0. The second-order valence-electron chi connectivity index (χ2n) is 23.0. The standard InChI is InChI=1S/C77H130O6/c1-4-7-10-13-16-18-20-22-24-26-28-30-32-34-35-36-37-38-39-40-41-43-44-46-48-50-52-54-56-58-61-64-67-70-76(79)82-73-74(72-81-75(78)69-66-63-60-15-12-9-6-3)83-77(80)71-68-65-62-59-57-55-53-51-49-47-45-42-33-31-29-27-25-23-21-19-17-14-11-8-5-2/h7-8,10-11,16-19,22-25,28-31,34-35,37-38,74H,4-6,9,12-15,20-21,26-27,32-33,36,39-73H2,1-3H3/b10-7-,11-8-,18-16-,19-17-,24-22-,25-23-,30-28-,31-29-,35-34-,38-37-. The van der Waals surface area contributed by atoms with E-state index in [0.717, 1.165) is 122 Å². The summed E-state index contributed by atoms with van der Waals surface area (Å²) in [5.41, 5.74) is 0. The molecule has 0 saturated carbocycles. The van der Waals surface area contributed by atoms with Crippen molar-refractivity contribution in [3.8, 4) is 0 Å². The molecule has 0 aromatic rings. The van der Waals surface area contributed by atoms with Crippen LogP contribution in [0.4, 0.5) is 0 Å². The summed E-state index contributed by atoms with van der Waals surface area (Å²) in [6.07, 6.45) is 98.2. The first-order chi connectivity index (χ1) is 41.0. The van der Waals surface area contributed by atoms with E-state index in [1.165, 1.54) is 167 Å². The van der Waals surface area contributed by atoms with Gasteiger partial charge in [-0.2, -0.15) is 0 Å². The van der Waals surface area contributed by atoms with E-state index in [1.54, 1.807) is 0 Å². The smallest absolute Gasteiger partial charge is 0.306 e. The van der Waals surface area contributed by atoms with Gasteiger partial charge in [-0.1, -0.05) is 322 Å². The predicted octanol–water partition coefficient (Wildman–Crippen LogP) is 24.3. The minimum atomic E-state index is -0.778. The van der Waals surface area contributed by atoms with Crippen molar-refractivity contribution in [1.29, 1.82) is 0 Å². The minimum absolute atomic E-state index is 0.0767. The molecule has 0 radical (unpaired) electrons. The lowest BCUT2D eigenvalue weighted by Gasteiger charge is -2.18. The molecular formula is C77H130O6.